The number of rotatable bonds is 2. The Kier molecular flexibility index (Phi) is 7.14. The number of carbonyl (C=O) groups is 1. The van der Waals surface area contributed by atoms with E-state index in [-0.39, 0.29) is 5.97 Å². The maximum absolute atomic E-state index is 10.4. The van der Waals surface area contributed by atoms with Crippen LogP contribution < -0.4 is 0 Å². The van der Waals surface area contributed by atoms with Crippen molar-refractivity contribution < 1.29 is 9.53 Å². The van der Waals surface area contributed by atoms with E-state index in [0.717, 1.165) is 5.17 Å². The van der Waals surface area contributed by atoms with Crippen LogP contribution >= 0.6 is 79.4 Å². The molecule has 0 bridgehead atoms. The topological polar surface area (TPSA) is 26.3 Å². The zero-order valence-electron chi connectivity index (χ0n) is 5.41. The summed E-state index contributed by atoms with van der Waals surface area (Å²) in [6, 6.07) is 0. The molecule has 0 saturated heterocycles. The molecule has 0 heterocycles. The Bertz CT molecular complexity index is 188. The first-order valence-corrected chi connectivity index (χ1v) is 6.14. The Balaban J connectivity index is 4.15. The van der Waals surface area contributed by atoms with Gasteiger partial charge in [0.2, 0.25) is 5.56 Å². The minimum absolute atomic E-state index is 0.367. The van der Waals surface area contributed by atoms with E-state index in [0.29, 0.717) is 0 Å². The second-order valence-corrected chi connectivity index (χ2v) is 7.31. The van der Waals surface area contributed by atoms with Gasteiger partial charge in [0.15, 0.2) is 0 Å². The fourth-order valence-electron chi connectivity index (χ4n) is 0.283. The molecule has 0 aromatic heterocycles. The van der Waals surface area contributed by atoms with E-state index in [1.165, 1.54) is 6.92 Å². The van der Waals surface area contributed by atoms with Crippen LogP contribution in [0.3, 0.4) is 0 Å². The lowest BCUT2D eigenvalue weighted by Crippen LogP contribution is -2.09. The van der Waals surface area contributed by atoms with Gasteiger partial charge >= 0.3 is 5.97 Å². The van der Waals surface area contributed by atoms with Crippen LogP contribution in [0.5, 0.6) is 0 Å². The standard InChI is InChI=1S/C5H4ClI3O2/c1-2(10)11-4(6)3(7)5(8)9/h4H,1H3. The Morgan fingerprint density at radius 1 is 1.45 bits per heavy atom. The molecule has 2 nitrogen and oxygen atoms in total. The van der Waals surface area contributed by atoms with Gasteiger partial charge in [-0.15, -0.1) is 0 Å². The molecule has 1 atom stereocenters. The van der Waals surface area contributed by atoms with Crippen molar-refractivity contribution in [1.29, 1.82) is 0 Å². The average Bonchev–Trinajstić information content (AvgIpc) is 1.84. The molecule has 11 heavy (non-hydrogen) atoms. The SMILES string of the molecule is CC(=O)OC(Cl)C(I)=C(I)I. The second-order valence-electron chi connectivity index (χ2n) is 1.53. The van der Waals surface area contributed by atoms with Crippen LogP contribution in [0, 0.1) is 0 Å². The van der Waals surface area contributed by atoms with E-state index >= 15 is 0 Å². The van der Waals surface area contributed by atoms with E-state index in [4.69, 9.17) is 16.3 Å². The van der Waals surface area contributed by atoms with Crippen LogP contribution in [0.25, 0.3) is 0 Å². The molecule has 0 aliphatic carbocycles. The highest BCUT2D eigenvalue weighted by molar-refractivity contribution is 14.2. The van der Waals surface area contributed by atoms with Crippen LogP contribution in [0.1, 0.15) is 6.92 Å². The molecule has 0 spiro atoms. The monoisotopic (exact) mass is 512 g/mol. The number of hydrogen-bond donors (Lipinski definition) is 0. The van der Waals surface area contributed by atoms with E-state index < -0.39 is 5.56 Å². The maximum Gasteiger partial charge on any atom is 0.304 e. The Labute approximate surface area is 111 Å². The predicted molar refractivity (Wildman–Crippen MR) is 70.5 cm³/mol. The molecule has 0 aliphatic heterocycles. The average molecular weight is 512 g/mol. The Hall–Kier alpha value is 1.69. The van der Waals surface area contributed by atoms with Crippen molar-refractivity contribution in [3.05, 3.63) is 5.17 Å². The predicted octanol–water partition coefficient (Wildman–Crippen LogP) is 3.59. The van der Waals surface area contributed by atoms with Crippen LogP contribution in [0.2, 0.25) is 0 Å². The summed E-state index contributed by atoms with van der Waals surface area (Å²) in [7, 11) is 0. The summed E-state index contributed by atoms with van der Waals surface area (Å²) in [4.78, 5) is 10.4. The summed E-state index contributed by atoms with van der Waals surface area (Å²) < 4.78 is 6.56. The molecule has 0 aromatic rings. The molecule has 0 saturated carbocycles. The third-order valence-corrected chi connectivity index (χ3v) is 5.66. The molecule has 0 radical (unpaired) electrons. The summed E-state index contributed by atoms with van der Waals surface area (Å²) in [5.41, 5.74) is -0.642. The zero-order valence-corrected chi connectivity index (χ0v) is 12.6. The van der Waals surface area contributed by atoms with Crippen molar-refractivity contribution >= 4 is 85.3 Å². The van der Waals surface area contributed by atoms with Gasteiger partial charge in [-0.2, -0.15) is 0 Å². The fraction of sp³-hybridized carbons (Fsp3) is 0.400. The van der Waals surface area contributed by atoms with Gasteiger partial charge < -0.3 is 4.74 Å². The Morgan fingerprint density at radius 2 is 1.91 bits per heavy atom. The summed E-state index contributed by atoms with van der Waals surface area (Å²) in [6.45, 7) is 1.33. The molecule has 1 unspecified atom stereocenters. The van der Waals surface area contributed by atoms with Gasteiger partial charge in [-0.25, -0.2) is 0 Å². The third-order valence-electron chi connectivity index (χ3n) is 0.649. The van der Waals surface area contributed by atoms with E-state index in [1.807, 2.05) is 22.6 Å². The third kappa shape index (κ3) is 5.86. The number of hydrogen-bond acceptors (Lipinski definition) is 2. The van der Waals surface area contributed by atoms with Gasteiger partial charge in [0.1, 0.15) is 0 Å². The van der Waals surface area contributed by atoms with Crippen LogP contribution in [-0.2, 0) is 9.53 Å². The van der Waals surface area contributed by atoms with Crippen molar-refractivity contribution in [3.8, 4) is 0 Å². The van der Waals surface area contributed by atoms with Gasteiger partial charge in [-0.3, -0.25) is 4.79 Å². The second kappa shape index (κ2) is 6.19. The summed E-state index contributed by atoms with van der Waals surface area (Å²) in [5, 5.41) is 0. The largest absolute Gasteiger partial charge is 0.441 e. The maximum atomic E-state index is 10.4. The number of halogens is 4. The lowest BCUT2D eigenvalue weighted by Gasteiger charge is -2.08. The molecule has 0 aliphatic rings. The molecule has 6 heteroatoms. The summed E-state index contributed by atoms with van der Waals surface area (Å²) >= 11 is 12.0. The number of alkyl halides is 1. The minimum Gasteiger partial charge on any atom is -0.441 e. The fourth-order valence-corrected chi connectivity index (χ4v) is 1.58. The quantitative estimate of drug-likeness (QED) is 0.322. The lowest BCUT2D eigenvalue weighted by molar-refractivity contribution is -0.141. The van der Waals surface area contributed by atoms with Crippen molar-refractivity contribution in [1.82, 2.24) is 0 Å². The van der Waals surface area contributed by atoms with Crippen molar-refractivity contribution in [2.75, 3.05) is 0 Å². The highest BCUT2D eigenvalue weighted by Gasteiger charge is 2.13. The number of ether oxygens (including phenoxy) is 1. The van der Waals surface area contributed by atoms with Crippen molar-refractivity contribution in [2.45, 2.75) is 12.5 Å². The van der Waals surface area contributed by atoms with Gasteiger partial charge in [0, 0.05) is 6.92 Å². The molecule has 0 aromatic carbocycles. The first kappa shape index (κ1) is 12.7. The molecule has 0 fully saturated rings. The highest BCUT2D eigenvalue weighted by Crippen LogP contribution is 2.30. The summed E-state index contributed by atoms with van der Waals surface area (Å²) in [6.07, 6.45) is 0. The van der Waals surface area contributed by atoms with E-state index in [1.54, 1.807) is 0 Å². The normalized spacial score (nSPS) is 12.1. The summed E-state index contributed by atoms with van der Waals surface area (Å²) in [5.74, 6) is -0.367. The first-order valence-electron chi connectivity index (χ1n) is 2.47. The van der Waals surface area contributed by atoms with Crippen LogP contribution in [0.15, 0.2) is 5.17 Å². The lowest BCUT2D eigenvalue weighted by atomic mass is 10.7. The molecule has 64 valence electrons. The highest BCUT2D eigenvalue weighted by atomic mass is 127. The minimum atomic E-state index is -0.642. The molecule has 0 rings (SSSR count). The van der Waals surface area contributed by atoms with E-state index in [2.05, 4.69) is 45.2 Å². The van der Waals surface area contributed by atoms with E-state index in [9.17, 15) is 4.79 Å². The van der Waals surface area contributed by atoms with Crippen LogP contribution in [0.4, 0.5) is 0 Å². The van der Waals surface area contributed by atoms with Gasteiger partial charge in [0.05, 0.1) is 5.17 Å². The molecular formula is C5H4ClI3O2. The van der Waals surface area contributed by atoms with Gasteiger partial charge in [-0.05, 0) is 67.8 Å². The zero-order chi connectivity index (χ0) is 9.02. The molecular weight excluding hydrogens is 508 g/mol. The van der Waals surface area contributed by atoms with Gasteiger partial charge in [0.25, 0.3) is 0 Å². The molecule has 0 N–H and O–H groups in total. The van der Waals surface area contributed by atoms with Crippen molar-refractivity contribution in [2.24, 2.45) is 0 Å². The molecule has 0 amide bonds. The Morgan fingerprint density at radius 3 is 2.18 bits per heavy atom. The number of esters is 1. The number of carbonyl (C=O) groups excluding carboxylic acids is 1. The van der Waals surface area contributed by atoms with Crippen molar-refractivity contribution in [3.63, 3.8) is 0 Å². The first-order chi connectivity index (χ1) is 4.95. The van der Waals surface area contributed by atoms with Crippen LogP contribution in [-0.4, -0.2) is 11.5 Å². The smallest absolute Gasteiger partial charge is 0.304 e. The van der Waals surface area contributed by atoms with Gasteiger partial charge in [-0.1, -0.05) is 11.6 Å².